The smallest absolute Gasteiger partial charge is 0.164 e. The lowest BCUT2D eigenvalue weighted by atomic mass is 9.85. The molecule has 0 saturated heterocycles. The largest absolute Gasteiger partial charge is 0.313 e. The van der Waals surface area contributed by atoms with E-state index in [2.05, 4.69) is 122 Å². The van der Waals surface area contributed by atoms with E-state index in [4.69, 9.17) is 15.0 Å². The summed E-state index contributed by atoms with van der Waals surface area (Å²) in [6.45, 7) is 4.61. The summed E-state index contributed by atoms with van der Waals surface area (Å²) in [6.07, 6.45) is 8.61. The third-order valence-electron chi connectivity index (χ3n) is 9.45. The van der Waals surface area contributed by atoms with Gasteiger partial charge in [0.1, 0.15) is 0 Å². The van der Waals surface area contributed by atoms with Crippen molar-refractivity contribution in [2.45, 2.75) is 32.6 Å². The summed E-state index contributed by atoms with van der Waals surface area (Å²) in [5, 5.41) is 2.72. The molecule has 9 rings (SSSR count). The Morgan fingerprint density at radius 2 is 1.37 bits per heavy atom. The van der Waals surface area contributed by atoms with Gasteiger partial charge >= 0.3 is 0 Å². The van der Waals surface area contributed by atoms with E-state index in [1.54, 1.807) is 0 Å². The van der Waals surface area contributed by atoms with Crippen molar-refractivity contribution >= 4 is 37.9 Å². The molecule has 4 nitrogen and oxygen atoms in total. The van der Waals surface area contributed by atoms with Gasteiger partial charge in [0.15, 0.2) is 17.5 Å². The molecule has 0 saturated carbocycles. The van der Waals surface area contributed by atoms with E-state index in [9.17, 15) is 0 Å². The first-order chi connectivity index (χ1) is 22.6. The molecular formula is C41H32N4S. The first-order valence-electron chi connectivity index (χ1n) is 16.1. The molecule has 2 aliphatic rings. The molecule has 2 atom stereocenters. The number of para-hydroxylation sites is 1. The Hall–Kier alpha value is -5.13. The molecule has 0 fully saturated rings. The molecule has 0 amide bonds. The van der Waals surface area contributed by atoms with Crippen LogP contribution in [-0.2, 0) is 6.42 Å². The van der Waals surface area contributed by atoms with Crippen LogP contribution in [0.1, 0.15) is 43.3 Å². The third-order valence-corrected chi connectivity index (χ3v) is 10.7. The highest BCUT2D eigenvalue weighted by Crippen LogP contribution is 2.52. The van der Waals surface area contributed by atoms with Crippen molar-refractivity contribution in [3.05, 3.63) is 138 Å². The van der Waals surface area contributed by atoms with Crippen LogP contribution in [0.2, 0.25) is 0 Å². The van der Waals surface area contributed by atoms with E-state index in [1.165, 1.54) is 42.7 Å². The molecule has 2 aliphatic carbocycles. The second-order valence-corrected chi connectivity index (χ2v) is 13.6. The van der Waals surface area contributed by atoms with Crippen LogP contribution in [0.4, 0.5) is 0 Å². The van der Waals surface area contributed by atoms with Crippen molar-refractivity contribution in [2.75, 3.05) is 0 Å². The van der Waals surface area contributed by atoms with Gasteiger partial charge in [0.25, 0.3) is 0 Å². The van der Waals surface area contributed by atoms with E-state index in [0.717, 1.165) is 41.1 Å². The van der Waals surface area contributed by atoms with Gasteiger partial charge < -0.3 is 4.57 Å². The van der Waals surface area contributed by atoms with Crippen LogP contribution in [0.5, 0.6) is 0 Å². The summed E-state index contributed by atoms with van der Waals surface area (Å²) in [5.41, 5.74) is 9.70. The lowest BCUT2D eigenvalue weighted by Gasteiger charge is -2.23. The lowest BCUT2D eigenvalue weighted by molar-refractivity contribution is 0.728. The van der Waals surface area contributed by atoms with Crippen molar-refractivity contribution in [2.24, 2.45) is 5.92 Å². The maximum absolute atomic E-state index is 5.00. The molecule has 0 N–H and O–H groups in total. The fourth-order valence-electron chi connectivity index (χ4n) is 7.17. The molecule has 5 heteroatoms. The van der Waals surface area contributed by atoms with Gasteiger partial charge in [-0.15, -0.1) is 11.3 Å². The molecule has 46 heavy (non-hydrogen) atoms. The Labute approximate surface area is 272 Å². The monoisotopic (exact) mass is 612 g/mol. The SMILES string of the molecule is CC1C=CC(c2nc(-c3ccccc3)nc(-c3ccc(-n4c5c(c6ccccc64)-c4sc6ccccc6c4C(C)C5)cc3)n2)=CC1. The second-order valence-electron chi connectivity index (χ2n) is 12.6. The first-order valence-corrected chi connectivity index (χ1v) is 16.9. The fourth-order valence-corrected chi connectivity index (χ4v) is 8.58. The third kappa shape index (κ3) is 4.38. The summed E-state index contributed by atoms with van der Waals surface area (Å²) in [5.74, 6) is 3.06. The van der Waals surface area contributed by atoms with Crippen LogP contribution < -0.4 is 0 Å². The Balaban J connectivity index is 1.17. The van der Waals surface area contributed by atoms with E-state index in [-0.39, 0.29) is 0 Å². The maximum Gasteiger partial charge on any atom is 0.164 e. The fraction of sp³-hybridized carbons (Fsp3) is 0.146. The molecular weight excluding hydrogens is 581 g/mol. The number of thiophene rings is 1. The zero-order valence-electron chi connectivity index (χ0n) is 25.8. The number of rotatable bonds is 4. The van der Waals surface area contributed by atoms with Crippen LogP contribution in [0.15, 0.2) is 121 Å². The van der Waals surface area contributed by atoms with Crippen LogP contribution in [0.3, 0.4) is 0 Å². The van der Waals surface area contributed by atoms with Gasteiger partial charge in [-0.2, -0.15) is 0 Å². The van der Waals surface area contributed by atoms with E-state index < -0.39 is 0 Å². The average molecular weight is 613 g/mol. The van der Waals surface area contributed by atoms with E-state index in [1.807, 2.05) is 29.5 Å². The van der Waals surface area contributed by atoms with Gasteiger partial charge in [-0.25, -0.2) is 15.0 Å². The number of hydrogen-bond acceptors (Lipinski definition) is 4. The van der Waals surface area contributed by atoms with Crippen molar-refractivity contribution in [1.29, 1.82) is 0 Å². The predicted octanol–water partition coefficient (Wildman–Crippen LogP) is 10.7. The standard InChI is InChI=1S/C41H32N4S/c1-25-16-18-28(19-17-25)40-42-39(27-10-4-3-5-11-27)43-41(44-40)29-20-22-30(23-21-29)45-33-14-8-6-12-31(33)37-34(45)24-26(2)36-32-13-7-9-15-35(32)46-38(36)37/h3-16,18-23,25-26H,17,24H2,1-2H3. The van der Waals surface area contributed by atoms with Crippen LogP contribution >= 0.6 is 11.3 Å². The summed E-state index contributed by atoms with van der Waals surface area (Å²) in [4.78, 5) is 16.3. The zero-order valence-corrected chi connectivity index (χ0v) is 26.6. The molecule has 222 valence electrons. The van der Waals surface area contributed by atoms with E-state index >= 15 is 0 Å². The number of benzene rings is 4. The Morgan fingerprint density at radius 3 is 2.13 bits per heavy atom. The summed E-state index contributed by atoms with van der Waals surface area (Å²) in [6, 6.07) is 36.7. The number of hydrogen-bond donors (Lipinski definition) is 0. The molecule has 0 aliphatic heterocycles. The molecule has 2 unspecified atom stereocenters. The number of allylic oxidation sites excluding steroid dienone is 4. The number of aromatic nitrogens is 4. The van der Waals surface area contributed by atoms with Gasteiger partial charge in [0, 0.05) is 48.6 Å². The maximum atomic E-state index is 5.00. The van der Waals surface area contributed by atoms with Gasteiger partial charge in [-0.1, -0.05) is 98.8 Å². The quantitative estimate of drug-likeness (QED) is 0.199. The van der Waals surface area contributed by atoms with Gasteiger partial charge in [0.05, 0.1) is 5.52 Å². The predicted molar refractivity (Wildman–Crippen MR) is 191 cm³/mol. The van der Waals surface area contributed by atoms with Crippen LogP contribution in [-0.4, -0.2) is 19.5 Å². The normalized spacial score (nSPS) is 17.2. The van der Waals surface area contributed by atoms with Crippen LogP contribution in [0.25, 0.3) is 65.5 Å². The summed E-state index contributed by atoms with van der Waals surface area (Å²) in [7, 11) is 0. The molecule has 4 aromatic carbocycles. The average Bonchev–Trinajstić information content (AvgIpc) is 3.65. The second kappa shape index (κ2) is 10.7. The summed E-state index contributed by atoms with van der Waals surface area (Å²) < 4.78 is 3.85. The van der Waals surface area contributed by atoms with Crippen molar-refractivity contribution in [1.82, 2.24) is 19.5 Å². The highest BCUT2D eigenvalue weighted by molar-refractivity contribution is 7.22. The van der Waals surface area contributed by atoms with Crippen molar-refractivity contribution in [3.63, 3.8) is 0 Å². The summed E-state index contributed by atoms with van der Waals surface area (Å²) >= 11 is 1.94. The minimum absolute atomic E-state index is 0.437. The number of fused-ring (bicyclic) bond motifs is 7. The topological polar surface area (TPSA) is 43.6 Å². The van der Waals surface area contributed by atoms with Gasteiger partial charge in [-0.3, -0.25) is 0 Å². The molecule has 0 bridgehead atoms. The van der Waals surface area contributed by atoms with Crippen molar-refractivity contribution < 1.29 is 0 Å². The van der Waals surface area contributed by atoms with E-state index in [0.29, 0.717) is 23.5 Å². The molecule has 3 heterocycles. The Bertz CT molecular complexity index is 2340. The zero-order chi connectivity index (χ0) is 30.8. The molecule has 0 spiro atoms. The molecule has 3 aromatic heterocycles. The molecule has 7 aromatic rings. The van der Waals surface area contributed by atoms with Crippen molar-refractivity contribution in [3.8, 4) is 38.9 Å². The van der Waals surface area contributed by atoms with Crippen LogP contribution in [0, 0.1) is 5.92 Å². The number of nitrogens with zero attached hydrogens (tertiary/aromatic N) is 4. The Morgan fingerprint density at radius 1 is 0.696 bits per heavy atom. The van der Waals surface area contributed by atoms with Gasteiger partial charge in [0.2, 0.25) is 0 Å². The minimum atomic E-state index is 0.437. The van der Waals surface area contributed by atoms with Gasteiger partial charge in [-0.05, 0) is 72.0 Å². The first kappa shape index (κ1) is 27.2. The highest BCUT2D eigenvalue weighted by atomic mass is 32.1. The Kier molecular flexibility index (Phi) is 6.35. The highest BCUT2D eigenvalue weighted by Gasteiger charge is 2.31. The lowest BCUT2D eigenvalue weighted by Crippen LogP contribution is -2.10. The molecule has 0 radical (unpaired) electrons. The minimum Gasteiger partial charge on any atom is -0.313 e.